The predicted molar refractivity (Wildman–Crippen MR) is 158 cm³/mol. The largest absolute Gasteiger partial charge is 0.493 e. The minimum Gasteiger partial charge on any atom is -0.493 e. The van der Waals surface area contributed by atoms with Gasteiger partial charge in [0.25, 0.3) is 0 Å². The highest BCUT2D eigenvalue weighted by molar-refractivity contribution is 5.94. The molecule has 1 unspecified atom stereocenters. The molecular formula is C33H35ClN2O2. The number of fused-ring (bicyclic) bond motifs is 2. The molecule has 0 radical (unpaired) electrons. The van der Waals surface area contributed by atoms with Gasteiger partial charge in [0.2, 0.25) is 0 Å². The molecule has 0 saturated carbocycles. The molecular weight excluding hydrogens is 492 g/mol. The number of piperidine rings is 1. The first-order valence-electron chi connectivity index (χ1n) is 13.1. The van der Waals surface area contributed by atoms with Crippen LogP contribution in [-0.4, -0.2) is 38.8 Å². The van der Waals surface area contributed by atoms with Gasteiger partial charge in [-0.25, -0.2) is 0 Å². The van der Waals surface area contributed by atoms with Gasteiger partial charge in [0, 0.05) is 13.1 Å². The minimum atomic E-state index is -0.145. The summed E-state index contributed by atoms with van der Waals surface area (Å²) >= 11 is 0. The zero-order valence-electron chi connectivity index (χ0n) is 22.2. The van der Waals surface area contributed by atoms with E-state index in [1.165, 1.54) is 27.8 Å². The molecule has 2 aliphatic rings. The van der Waals surface area contributed by atoms with Crippen molar-refractivity contribution in [2.45, 2.75) is 31.6 Å². The van der Waals surface area contributed by atoms with E-state index in [-0.39, 0.29) is 18.3 Å². The summed E-state index contributed by atoms with van der Waals surface area (Å²) in [5.41, 5.74) is 9.25. The van der Waals surface area contributed by atoms with E-state index in [0.717, 1.165) is 50.9 Å². The lowest BCUT2D eigenvalue weighted by molar-refractivity contribution is 0.251. The zero-order chi connectivity index (χ0) is 25.6. The molecule has 1 saturated heterocycles. The molecule has 0 bridgehead atoms. The van der Waals surface area contributed by atoms with E-state index in [2.05, 4.69) is 71.7 Å². The molecule has 196 valence electrons. The van der Waals surface area contributed by atoms with Crippen molar-refractivity contribution in [3.8, 4) is 17.6 Å². The van der Waals surface area contributed by atoms with Crippen LogP contribution in [0.2, 0.25) is 0 Å². The van der Waals surface area contributed by atoms with Gasteiger partial charge in [-0.3, -0.25) is 0 Å². The lowest BCUT2D eigenvalue weighted by Gasteiger charge is -2.30. The van der Waals surface area contributed by atoms with E-state index >= 15 is 0 Å². The van der Waals surface area contributed by atoms with Crippen LogP contribution in [-0.2, 0) is 0 Å². The second-order valence-electron chi connectivity index (χ2n) is 9.77. The number of rotatable bonds is 7. The molecule has 4 nitrogen and oxygen atoms in total. The molecule has 1 heterocycles. The Morgan fingerprint density at radius 1 is 0.842 bits per heavy atom. The smallest absolute Gasteiger partial charge is 0.161 e. The summed E-state index contributed by atoms with van der Waals surface area (Å²) in [6.07, 6.45) is 8.49. The predicted octanol–water partition coefficient (Wildman–Crippen LogP) is 7.59. The first kappa shape index (κ1) is 27.5. The van der Waals surface area contributed by atoms with Gasteiger partial charge in [-0.2, -0.15) is 5.26 Å². The minimum absolute atomic E-state index is 0. The number of benzene rings is 3. The van der Waals surface area contributed by atoms with Gasteiger partial charge in [-0.05, 0) is 77.8 Å². The first-order chi connectivity index (χ1) is 18.2. The molecule has 1 fully saturated rings. The molecule has 3 aromatic rings. The van der Waals surface area contributed by atoms with E-state index in [0.29, 0.717) is 11.5 Å². The number of nitrogens with zero attached hydrogens (tertiary/aromatic N) is 2. The molecule has 3 aromatic carbocycles. The van der Waals surface area contributed by atoms with Crippen molar-refractivity contribution < 1.29 is 9.47 Å². The average Bonchev–Trinajstić information content (AvgIpc) is 3.12. The van der Waals surface area contributed by atoms with Gasteiger partial charge in [0.15, 0.2) is 11.5 Å². The fourth-order valence-corrected chi connectivity index (χ4v) is 5.64. The van der Waals surface area contributed by atoms with E-state index < -0.39 is 0 Å². The highest BCUT2D eigenvalue weighted by atomic mass is 35.5. The van der Waals surface area contributed by atoms with Crippen molar-refractivity contribution in [3.05, 3.63) is 100 Å². The van der Waals surface area contributed by atoms with Gasteiger partial charge >= 0.3 is 0 Å². The topological polar surface area (TPSA) is 45.5 Å². The van der Waals surface area contributed by atoms with E-state index in [9.17, 15) is 5.26 Å². The molecule has 0 amide bonds. The number of likely N-dealkylation sites (tertiary alicyclic amines) is 1. The highest BCUT2D eigenvalue weighted by Gasteiger charge is 2.23. The molecule has 38 heavy (non-hydrogen) atoms. The maximum absolute atomic E-state index is 9.82. The molecule has 0 spiro atoms. The fraction of sp³-hybridized carbons (Fsp3) is 0.303. The van der Waals surface area contributed by atoms with E-state index in [1.54, 1.807) is 19.8 Å². The van der Waals surface area contributed by atoms with Crippen molar-refractivity contribution in [1.29, 1.82) is 5.26 Å². The highest BCUT2D eigenvalue weighted by Crippen LogP contribution is 2.39. The summed E-state index contributed by atoms with van der Waals surface area (Å²) in [6.45, 7) is 3.14. The number of methoxy groups -OCH3 is 2. The van der Waals surface area contributed by atoms with Crippen LogP contribution in [0.5, 0.6) is 11.5 Å². The third kappa shape index (κ3) is 5.80. The van der Waals surface area contributed by atoms with Crippen LogP contribution in [0.1, 0.15) is 59.4 Å². The second kappa shape index (κ2) is 12.8. The summed E-state index contributed by atoms with van der Waals surface area (Å²) in [5.74, 6) is 1.22. The van der Waals surface area contributed by atoms with Gasteiger partial charge in [-0.1, -0.05) is 72.3 Å². The normalized spacial score (nSPS) is 15.4. The molecule has 1 atom stereocenters. The third-order valence-electron chi connectivity index (χ3n) is 7.65. The monoisotopic (exact) mass is 526 g/mol. The quantitative estimate of drug-likeness (QED) is 0.249. The van der Waals surface area contributed by atoms with Crippen molar-refractivity contribution in [1.82, 2.24) is 4.90 Å². The van der Waals surface area contributed by atoms with Crippen LogP contribution in [0, 0.1) is 11.3 Å². The van der Waals surface area contributed by atoms with Crippen molar-refractivity contribution >= 4 is 30.1 Å². The van der Waals surface area contributed by atoms with Crippen molar-refractivity contribution in [3.63, 3.8) is 0 Å². The molecule has 1 aliphatic heterocycles. The Kier molecular flexibility index (Phi) is 9.29. The van der Waals surface area contributed by atoms with Gasteiger partial charge in [-0.15, -0.1) is 12.4 Å². The Morgan fingerprint density at radius 3 is 2.03 bits per heavy atom. The maximum atomic E-state index is 9.82. The second-order valence-corrected chi connectivity index (χ2v) is 9.77. The van der Waals surface area contributed by atoms with Crippen LogP contribution in [0.25, 0.3) is 17.7 Å². The Bertz CT molecular complexity index is 1310. The van der Waals surface area contributed by atoms with Crippen molar-refractivity contribution in [2.24, 2.45) is 0 Å². The third-order valence-corrected chi connectivity index (χ3v) is 7.65. The zero-order valence-corrected chi connectivity index (χ0v) is 23.0. The van der Waals surface area contributed by atoms with Crippen LogP contribution < -0.4 is 9.47 Å². The maximum Gasteiger partial charge on any atom is 0.161 e. The summed E-state index contributed by atoms with van der Waals surface area (Å²) in [5, 5.41) is 9.82. The number of halogens is 1. The molecule has 1 aliphatic carbocycles. The van der Waals surface area contributed by atoms with Crippen LogP contribution >= 0.6 is 12.4 Å². The summed E-state index contributed by atoms with van der Waals surface area (Å²) in [6, 6.07) is 25.8. The summed E-state index contributed by atoms with van der Waals surface area (Å²) < 4.78 is 10.8. The fourth-order valence-electron chi connectivity index (χ4n) is 5.64. The molecule has 5 rings (SSSR count). The van der Waals surface area contributed by atoms with Crippen LogP contribution in [0.4, 0.5) is 0 Å². The lowest BCUT2D eigenvalue weighted by atomic mass is 9.86. The summed E-state index contributed by atoms with van der Waals surface area (Å²) in [4.78, 5) is 2.56. The molecule has 5 heteroatoms. The standard InChI is InChI=1S/C33H34N2O2.ClH/c1-36-31-16-15-27(22-32(31)37-2)28(23-34)10-7-19-35-20-17-26(18-21-35)33-29-11-5-3-8-24(29)13-14-25-9-4-6-12-30(25)33;/h3-6,8-9,11-16,22,28H,7,10,17-21H2,1-2H3;1H. The number of hydrogen-bond acceptors (Lipinski definition) is 4. The number of hydrogen-bond donors (Lipinski definition) is 0. The molecule has 0 N–H and O–H groups in total. The number of ether oxygens (including phenoxy) is 2. The Balaban J connectivity index is 0.00000336. The van der Waals surface area contributed by atoms with Gasteiger partial charge < -0.3 is 14.4 Å². The van der Waals surface area contributed by atoms with Crippen molar-refractivity contribution in [2.75, 3.05) is 33.9 Å². The van der Waals surface area contributed by atoms with Gasteiger partial charge in [0.1, 0.15) is 0 Å². The summed E-state index contributed by atoms with van der Waals surface area (Å²) in [7, 11) is 3.26. The van der Waals surface area contributed by atoms with Crippen LogP contribution in [0.3, 0.4) is 0 Å². The number of nitriles is 1. The Hall–Kier alpha value is -3.52. The molecule has 0 aromatic heterocycles. The Morgan fingerprint density at radius 2 is 1.45 bits per heavy atom. The van der Waals surface area contributed by atoms with E-state index in [1.807, 2.05) is 18.2 Å². The van der Waals surface area contributed by atoms with Gasteiger partial charge in [0.05, 0.1) is 26.2 Å². The Labute approximate surface area is 232 Å². The SMILES string of the molecule is COc1ccc(C(C#N)CCCN2CCC(=C3c4ccccc4C=Cc4ccccc43)CC2)cc1OC.Cl. The van der Waals surface area contributed by atoms with E-state index in [4.69, 9.17) is 9.47 Å². The lowest BCUT2D eigenvalue weighted by Crippen LogP contribution is -2.32. The average molecular weight is 527 g/mol. The first-order valence-corrected chi connectivity index (χ1v) is 13.1. The van der Waals surface area contributed by atoms with Crippen LogP contribution in [0.15, 0.2) is 72.3 Å².